The SMILES string of the molecule is CCCCCCC/C=C\C/C=C\C/C=C\CCCCCCCCCCCCCCC(=O)OCC(COC(=O)CCCCCCCCCCCCC)OC(=O)CCCCCCCCCC/C=C\C/C=C\C/C=C\CCCCCCC. The van der Waals surface area contributed by atoms with Crippen LogP contribution in [0.4, 0.5) is 0 Å². The van der Waals surface area contributed by atoms with Crippen LogP contribution in [0.3, 0.4) is 0 Å². The minimum atomic E-state index is -0.779. The fourth-order valence-corrected chi connectivity index (χ4v) is 9.99. The standard InChI is InChI=1S/C73H130O6/c1-4-7-10-13-16-19-22-24-26-28-30-32-34-35-36-37-39-40-42-44-46-48-51-54-57-60-63-66-72(75)78-69-70(68-77-71(74)65-62-59-56-53-50-21-18-15-12-9-6-3)79-73(76)67-64-61-58-55-52-49-47-45-43-41-38-33-31-29-27-25-23-20-17-14-11-8-5-2/h22-25,28-31,34-35,38,41,70H,4-21,26-27,32-33,36-37,39-40,42-69H2,1-3H3/b24-22-,25-23-,30-28-,31-29-,35-34-,41-38-. The van der Waals surface area contributed by atoms with Gasteiger partial charge in [-0.25, -0.2) is 0 Å². The first-order chi connectivity index (χ1) is 39.0. The number of rotatable bonds is 63. The first-order valence-corrected chi connectivity index (χ1v) is 34.4. The van der Waals surface area contributed by atoms with Gasteiger partial charge in [0.25, 0.3) is 0 Å². The highest BCUT2D eigenvalue weighted by Gasteiger charge is 2.19. The quantitative estimate of drug-likeness (QED) is 0.0261. The van der Waals surface area contributed by atoms with Crippen LogP contribution < -0.4 is 0 Å². The van der Waals surface area contributed by atoms with Crippen molar-refractivity contribution in [1.82, 2.24) is 0 Å². The Kier molecular flexibility index (Phi) is 64.7. The van der Waals surface area contributed by atoms with Gasteiger partial charge in [0, 0.05) is 19.3 Å². The molecule has 0 radical (unpaired) electrons. The molecule has 458 valence electrons. The molecule has 0 saturated carbocycles. The highest BCUT2D eigenvalue weighted by molar-refractivity contribution is 5.71. The lowest BCUT2D eigenvalue weighted by Gasteiger charge is -2.18. The van der Waals surface area contributed by atoms with Gasteiger partial charge in [-0.1, -0.05) is 312 Å². The van der Waals surface area contributed by atoms with Crippen molar-refractivity contribution in [3.63, 3.8) is 0 Å². The molecule has 0 aliphatic carbocycles. The van der Waals surface area contributed by atoms with Crippen molar-refractivity contribution in [2.45, 2.75) is 361 Å². The minimum Gasteiger partial charge on any atom is -0.462 e. The average Bonchev–Trinajstić information content (AvgIpc) is 3.45. The fourth-order valence-electron chi connectivity index (χ4n) is 9.99. The number of carbonyl (C=O) groups excluding carboxylic acids is 3. The van der Waals surface area contributed by atoms with Crippen LogP contribution in [0.5, 0.6) is 0 Å². The molecule has 6 nitrogen and oxygen atoms in total. The van der Waals surface area contributed by atoms with Crippen molar-refractivity contribution in [3.8, 4) is 0 Å². The summed E-state index contributed by atoms with van der Waals surface area (Å²) in [6.07, 6.45) is 87.8. The van der Waals surface area contributed by atoms with Gasteiger partial charge >= 0.3 is 17.9 Å². The first-order valence-electron chi connectivity index (χ1n) is 34.4. The maximum Gasteiger partial charge on any atom is 0.306 e. The van der Waals surface area contributed by atoms with E-state index in [1.165, 1.54) is 225 Å². The Hall–Kier alpha value is -3.15. The van der Waals surface area contributed by atoms with Crippen molar-refractivity contribution in [2.75, 3.05) is 13.2 Å². The molecule has 0 heterocycles. The summed E-state index contributed by atoms with van der Waals surface area (Å²) in [5.41, 5.74) is 0. The van der Waals surface area contributed by atoms with Crippen LogP contribution in [0.25, 0.3) is 0 Å². The number of unbranched alkanes of at least 4 members (excludes halogenated alkanes) is 40. The topological polar surface area (TPSA) is 78.9 Å². The maximum atomic E-state index is 12.9. The number of hydrogen-bond acceptors (Lipinski definition) is 6. The van der Waals surface area contributed by atoms with Crippen LogP contribution in [-0.4, -0.2) is 37.2 Å². The van der Waals surface area contributed by atoms with Gasteiger partial charge in [-0.2, -0.15) is 0 Å². The zero-order valence-corrected chi connectivity index (χ0v) is 52.6. The molecular formula is C73H130O6. The lowest BCUT2D eigenvalue weighted by atomic mass is 10.0. The molecule has 0 aromatic rings. The first kappa shape index (κ1) is 75.8. The van der Waals surface area contributed by atoms with Gasteiger partial charge in [-0.05, 0) is 96.3 Å². The Labute approximate surface area is 491 Å². The molecule has 0 rings (SSSR count). The van der Waals surface area contributed by atoms with E-state index in [9.17, 15) is 14.4 Å². The number of ether oxygens (including phenoxy) is 3. The van der Waals surface area contributed by atoms with E-state index >= 15 is 0 Å². The van der Waals surface area contributed by atoms with Crippen LogP contribution in [0.2, 0.25) is 0 Å². The van der Waals surface area contributed by atoms with E-state index in [1.54, 1.807) is 0 Å². The van der Waals surface area contributed by atoms with E-state index in [1.807, 2.05) is 0 Å². The molecule has 0 aromatic heterocycles. The minimum absolute atomic E-state index is 0.0756. The zero-order valence-electron chi connectivity index (χ0n) is 52.6. The summed E-state index contributed by atoms with van der Waals surface area (Å²) in [6, 6.07) is 0. The Morgan fingerprint density at radius 2 is 0.456 bits per heavy atom. The van der Waals surface area contributed by atoms with Gasteiger partial charge < -0.3 is 14.2 Å². The molecule has 1 unspecified atom stereocenters. The molecule has 0 bridgehead atoms. The zero-order chi connectivity index (χ0) is 57.1. The van der Waals surface area contributed by atoms with Gasteiger partial charge in [0.1, 0.15) is 13.2 Å². The van der Waals surface area contributed by atoms with Crippen molar-refractivity contribution in [2.24, 2.45) is 0 Å². The van der Waals surface area contributed by atoms with Crippen LogP contribution in [0, 0.1) is 0 Å². The van der Waals surface area contributed by atoms with Gasteiger partial charge in [0.15, 0.2) is 6.10 Å². The van der Waals surface area contributed by atoms with E-state index in [0.29, 0.717) is 19.3 Å². The monoisotopic (exact) mass is 1100 g/mol. The molecule has 0 N–H and O–H groups in total. The summed E-state index contributed by atoms with van der Waals surface area (Å²) < 4.78 is 16.9. The Morgan fingerprint density at radius 3 is 0.709 bits per heavy atom. The van der Waals surface area contributed by atoms with Crippen molar-refractivity contribution >= 4 is 17.9 Å². The molecule has 0 aliphatic rings. The van der Waals surface area contributed by atoms with E-state index in [2.05, 4.69) is 93.7 Å². The second kappa shape index (κ2) is 67.4. The molecule has 0 aliphatic heterocycles. The molecule has 0 fully saturated rings. The molecular weight excluding hydrogens is 973 g/mol. The molecule has 0 saturated heterocycles. The predicted molar refractivity (Wildman–Crippen MR) is 344 cm³/mol. The van der Waals surface area contributed by atoms with E-state index in [4.69, 9.17) is 14.2 Å². The van der Waals surface area contributed by atoms with E-state index in [-0.39, 0.29) is 31.1 Å². The molecule has 0 spiro atoms. The van der Waals surface area contributed by atoms with Crippen LogP contribution in [-0.2, 0) is 28.6 Å². The molecule has 79 heavy (non-hydrogen) atoms. The number of allylic oxidation sites excluding steroid dienone is 12. The second-order valence-electron chi connectivity index (χ2n) is 23.1. The summed E-state index contributed by atoms with van der Waals surface area (Å²) in [5, 5.41) is 0. The normalized spacial score (nSPS) is 12.5. The van der Waals surface area contributed by atoms with Crippen molar-refractivity contribution < 1.29 is 28.6 Å². The highest BCUT2D eigenvalue weighted by Crippen LogP contribution is 2.17. The Balaban J connectivity index is 4.25. The van der Waals surface area contributed by atoms with Crippen LogP contribution >= 0.6 is 0 Å². The lowest BCUT2D eigenvalue weighted by Crippen LogP contribution is -2.30. The molecule has 1 atom stereocenters. The van der Waals surface area contributed by atoms with Crippen molar-refractivity contribution in [1.29, 1.82) is 0 Å². The number of hydrogen-bond donors (Lipinski definition) is 0. The molecule has 6 heteroatoms. The number of carbonyl (C=O) groups is 3. The summed E-state index contributed by atoms with van der Waals surface area (Å²) in [7, 11) is 0. The van der Waals surface area contributed by atoms with Crippen LogP contribution in [0.15, 0.2) is 72.9 Å². The predicted octanol–water partition coefficient (Wildman–Crippen LogP) is 23.7. The second-order valence-corrected chi connectivity index (χ2v) is 23.1. The van der Waals surface area contributed by atoms with E-state index in [0.717, 1.165) is 89.9 Å². The van der Waals surface area contributed by atoms with Crippen molar-refractivity contribution in [3.05, 3.63) is 72.9 Å². The van der Waals surface area contributed by atoms with Crippen LogP contribution in [0.1, 0.15) is 355 Å². The highest BCUT2D eigenvalue weighted by atomic mass is 16.6. The summed E-state index contributed by atoms with van der Waals surface area (Å²) in [6.45, 7) is 6.65. The van der Waals surface area contributed by atoms with Gasteiger partial charge in [0.2, 0.25) is 0 Å². The largest absolute Gasteiger partial charge is 0.462 e. The average molecular weight is 1100 g/mol. The third-order valence-electron chi connectivity index (χ3n) is 15.2. The van der Waals surface area contributed by atoms with Gasteiger partial charge in [-0.15, -0.1) is 0 Å². The Bertz CT molecular complexity index is 1450. The smallest absolute Gasteiger partial charge is 0.306 e. The number of esters is 3. The third-order valence-corrected chi connectivity index (χ3v) is 15.2. The lowest BCUT2D eigenvalue weighted by molar-refractivity contribution is -0.167. The van der Waals surface area contributed by atoms with Gasteiger partial charge in [0.05, 0.1) is 0 Å². The molecule has 0 aromatic carbocycles. The van der Waals surface area contributed by atoms with E-state index < -0.39 is 6.10 Å². The third kappa shape index (κ3) is 65.5. The fraction of sp³-hybridized carbons (Fsp3) is 0.795. The summed E-state index contributed by atoms with van der Waals surface area (Å²) in [4.78, 5) is 38.3. The molecule has 0 amide bonds. The maximum absolute atomic E-state index is 12.9. The van der Waals surface area contributed by atoms with Gasteiger partial charge in [-0.3, -0.25) is 14.4 Å². The summed E-state index contributed by atoms with van der Waals surface area (Å²) >= 11 is 0. The summed E-state index contributed by atoms with van der Waals surface area (Å²) in [5.74, 6) is -0.868. The Morgan fingerprint density at radius 1 is 0.253 bits per heavy atom.